The van der Waals surface area contributed by atoms with Gasteiger partial charge in [-0.15, -0.1) is 0 Å². The first-order chi connectivity index (χ1) is 23.6. The summed E-state index contributed by atoms with van der Waals surface area (Å²) in [6.45, 7) is 11.8. The van der Waals surface area contributed by atoms with Gasteiger partial charge >= 0.3 is 6.09 Å². The van der Waals surface area contributed by atoms with E-state index in [1.807, 2.05) is 20.8 Å². The number of nitrogens with one attached hydrogen (secondary N) is 1. The minimum Gasteiger partial charge on any atom is -0.444 e. The summed E-state index contributed by atoms with van der Waals surface area (Å²) in [4.78, 5) is 39.1. The molecule has 0 aromatic carbocycles. The molecule has 0 aliphatic rings. The van der Waals surface area contributed by atoms with Crippen LogP contribution in [0.15, 0.2) is 0 Å². The maximum absolute atomic E-state index is 13.3. The third-order valence-corrected chi connectivity index (χ3v) is 10.1. The molecule has 0 bridgehead atoms. The second-order valence-corrected chi connectivity index (χ2v) is 16.2. The van der Waals surface area contributed by atoms with Crippen molar-refractivity contribution < 1.29 is 19.1 Å². The average molecular weight is 692 g/mol. The van der Waals surface area contributed by atoms with Gasteiger partial charge in [0.15, 0.2) is 5.78 Å². The minimum atomic E-state index is -0.815. The molecular formula is C44H85NO4. The molecule has 0 aromatic rings. The fourth-order valence-electron chi connectivity index (χ4n) is 6.83. The number of ketones is 2. The van der Waals surface area contributed by atoms with Crippen molar-refractivity contribution in [2.24, 2.45) is 5.92 Å². The molecule has 0 fully saturated rings. The molecule has 0 rings (SSSR count). The van der Waals surface area contributed by atoms with E-state index in [0.717, 1.165) is 38.5 Å². The number of unbranched alkanes of at least 4 members (excludes halogenated alkanes) is 28. The Morgan fingerprint density at radius 2 is 0.714 bits per heavy atom. The van der Waals surface area contributed by atoms with E-state index in [1.54, 1.807) is 6.92 Å². The van der Waals surface area contributed by atoms with Crippen LogP contribution in [0.3, 0.4) is 0 Å². The lowest BCUT2D eigenvalue weighted by molar-refractivity contribution is -0.129. The molecule has 1 amide bonds. The molecule has 49 heavy (non-hydrogen) atoms. The van der Waals surface area contributed by atoms with Crippen LogP contribution >= 0.6 is 0 Å². The second-order valence-electron chi connectivity index (χ2n) is 16.2. The van der Waals surface area contributed by atoms with E-state index < -0.39 is 23.7 Å². The van der Waals surface area contributed by atoms with Gasteiger partial charge in [0.25, 0.3) is 0 Å². The Morgan fingerprint density at radius 1 is 0.449 bits per heavy atom. The lowest BCUT2D eigenvalue weighted by Gasteiger charge is -2.26. The number of ether oxygens (including phenoxy) is 1. The van der Waals surface area contributed by atoms with Crippen LogP contribution in [0, 0.1) is 5.92 Å². The van der Waals surface area contributed by atoms with E-state index in [0.29, 0.717) is 12.8 Å². The van der Waals surface area contributed by atoms with Gasteiger partial charge in [-0.2, -0.15) is 0 Å². The van der Waals surface area contributed by atoms with Gasteiger partial charge < -0.3 is 10.1 Å². The van der Waals surface area contributed by atoms with Gasteiger partial charge in [0, 0.05) is 18.8 Å². The van der Waals surface area contributed by atoms with Gasteiger partial charge in [0.1, 0.15) is 17.4 Å². The van der Waals surface area contributed by atoms with Crippen LogP contribution in [0.2, 0.25) is 0 Å². The molecule has 2 atom stereocenters. The number of Topliss-reactive ketones (excluding diaryl/α,β-unsaturated/α-hetero) is 2. The normalized spacial score (nSPS) is 12.9. The Balaban J connectivity index is 4.25. The molecule has 5 nitrogen and oxygen atoms in total. The fourth-order valence-corrected chi connectivity index (χ4v) is 6.83. The van der Waals surface area contributed by atoms with Crippen LogP contribution in [0.4, 0.5) is 4.79 Å². The smallest absolute Gasteiger partial charge is 0.408 e. The summed E-state index contributed by atoms with van der Waals surface area (Å²) < 4.78 is 5.46. The highest BCUT2D eigenvalue weighted by Gasteiger charge is 2.32. The molecule has 0 aliphatic carbocycles. The molecular weight excluding hydrogens is 606 g/mol. The predicted octanol–water partition coefficient (Wildman–Crippen LogP) is 14.2. The number of hydrogen-bond donors (Lipinski definition) is 1. The van der Waals surface area contributed by atoms with Gasteiger partial charge in [-0.1, -0.05) is 201 Å². The molecule has 0 radical (unpaired) electrons. The van der Waals surface area contributed by atoms with Crippen molar-refractivity contribution in [3.8, 4) is 0 Å². The standard InChI is InChI=1S/C44H85NO4/c1-7-9-11-13-15-17-19-21-23-25-27-29-31-33-35-37-40(46)39(3)42(45-43(48)49-44(4,5)6)41(47)38-36-34-32-30-28-26-24-22-20-18-16-14-12-10-8-2/h39,42H,7-38H2,1-6H3,(H,45,48). The molecule has 0 spiro atoms. The Morgan fingerprint density at radius 3 is 1.00 bits per heavy atom. The van der Waals surface area contributed by atoms with Crippen molar-refractivity contribution in [1.82, 2.24) is 5.32 Å². The average Bonchev–Trinajstić information content (AvgIpc) is 3.05. The molecule has 1 N–H and O–H groups in total. The van der Waals surface area contributed by atoms with E-state index in [4.69, 9.17) is 4.74 Å². The number of carbonyl (C=O) groups excluding carboxylic acids is 3. The summed E-state index contributed by atoms with van der Waals surface area (Å²) in [7, 11) is 0. The largest absolute Gasteiger partial charge is 0.444 e. The highest BCUT2D eigenvalue weighted by Crippen LogP contribution is 2.19. The summed E-state index contributed by atoms with van der Waals surface area (Å²) in [6, 6.07) is -0.815. The summed E-state index contributed by atoms with van der Waals surface area (Å²) in [5.74, 6) is -0.513. The van der Waals surface area contributed by atoms with Crippen molar-refractivity contribution in [3.05, 3.63) is 0 Å². The zero-order valence-corrected chi connectivity index (χ0v) is 33.9. The van der Waals surface area contributed by atoms with Crippen LogP contribution in [0.5, 0.6) is 0 Å². The first-order valence-corrected chi connectivity index (χ1v) is 21.7. The lowest BCUT2D eigenvalue weighted by atomic mass is 9.89. The first-order valence-electron chi connectivity index (χ1n) is 21.7. The zero-order valence-electron chi connectivity index (χ0n) is 33.9. The van der Waals surface area contributed by atoms with Crippen LogP contribution in [0.1, 0.15) is 247 Å². The predicted molar refractivity (Wildman–Crippen MR) is 211 cm³/mol. The van der Waals surface area contributed by atoms with Crippen LogP contribution in [0.25, 0.3) is 0 Å². The van der Waals surface area contributed by atoms with Crippen molar-refractivity contribution in [3.63, 3.8) is 0 Å². The van der Waals surface area contributed by atoms with Gasteiger partial charge in [-0.3, -0.25) is 9.59 Å². The Hall–Kier alpha value is -1.39. The number of hydrogen-bond acceptors (Lipinski definition) is 4. The van der Waals surface area contributed by atoms with E-state index in [-0.39, 0.29) is 11.6 Å². The van der Waals surface area contributed by atoms with E-state index in [2.05, 4.69) is 19.2 Å². The van der Waals surface area contributed by atoms with Gasteiger partial charge in [-0.05, 0) is 33.6 Å². The van der Waals surface area contributed by atoms with E-state index in [1.165, 1.54) is 154 Å². The molecule has 5 heteroatoms. The number of alkyl carbamates (subject to hydrolysis) is 1. The molecule has 0 aliphatic heterocycles. The quantitative estimate of drug-likeness (QED) is 0.0664. The highest BCUT2D eigenvalue weighted by atomic mass is 16.6. The maximum atomic E-state index is 13.3. The molecule has 0 saturated carbocycles. The first kappa shape index (κ1) is 47.6. The van der Waals surface area contributed by atoms with Crippen LogP contribution in [-0.2, 0) is 14.3 Å². The summed E-state index contributed by atoms with van der Waals surface area (Å²) >= 11 is 0. The van der Waals surface area contributed by atoms with E-state index in [9.17, 15) is 14.4 Å². The van der Waals surface area contributed by atoms with Gasteiger partial charge in [0.2, 0.25) is 0 Å². The molecule has 2 unspecified atom stereocenters. The summed E-state index contributed by atoms with van der Waals surface area (Å²) in [5.41, 5.74) is -0.660. The van der Waals surface area contributed by atoms with Crippen molar-refractivity contribution in [2.45, 2.75) is 259 Å². The Kier molecular flexibility index (Phi) is 32.8. The SMILES string of the molecule is CCCCCCCCCCCCCCCCCC(=O)C(C)C(NC(=O)OC(C)(C)C)C(=O)CCCCCCCCCCCCCCCCC. The van der Waals surface area contributed by atoms with Crippen molar-refractivity contribution >= 4 is 17.7 Å². The second kappa shape index (κ2) is 33.7. The highest BCUT2D eigenvalue weighted by molar-refractivity contribution is 5.94. The third kappa shape index (κ3) is 32.3. The van der Waals surface area contributed by atoms with Gasteiger partial charge in [-0.25, -0.2) is 4.79 Å². The maximum Gasteiger partial charge on any atom is 0.408 e. The lowest BCUT2D eigenvalue weighted by Crippen LogP contribution is -2.49. The van der Waals surface area contributed by atoms with Crippen LogP contribution < -0.4 is 5.32 Å². The topological polar surface area (TPSA) is 72.5 Å². The van der Waals surface area contributed by atoms with E-state index >= 15 is 0 Å². The number of rotatable bonds is 36. The zero-order chi connectivity index (χ0) is 36.4. The van der Waals surface area contributed by atoms with Crippen LogP contribution in [-0.4, -0.2) is 29.3 Å². The molecule has 0 heterocycles. The summed E-state index contributed by atoms with van der Waals surface area (Å²) in [5, 5.41) is 2.78. The van der Waals surface area contributed by atoms with Crippen molar-refractivity contribution in [2.75, 3.05) is 0 Å². The minimum absolute atomic E-state index is 0.0436. The molecule has 0 aromatic heterocycles. The molecule has 0 saturated heterocycles. The molecule has 290 valence electrons. The van der Waals surface area contributed by atoms with Gasteiger partial charge in [0.05, 0.1) is 0 Å². The monoisotopic (exact) mass is 692 g/mol. The number of carbonyl (C=O) groups is 3. The summed E-state index contributed by atoms with van der Waals surface area (Å²) in [6.07, 6.45) is 38.8. The Bertz CT molecular complexity index is 773. The number of amides is 1. The fraction of sp³-hybridized carbons (Fsp3) is 0.932. The Labute approximate surface area is 306 Å². The third-order valence-electron chi connectivity index (χ3n) is 10.1. The van der Waals surface area contributed by atoms with Crippen molar-refractivity contribution in [1.29, 1.82) is 0 Å².